The molecule has 0 saturated carbocycles. The average Bonchev–Trinajstić information content (AvgIpc) is 3.41. The number of aromatic nitrogens is 1. The molecule has 2 aromatic heterocycles. The number of hydrogen-bond donors (Lipinski definition) is 1. The third kappa shape index (κ3) is 3.41. The van der Waals surface area contributed by atoms with Crippen LogP contribution in [-0.4, -0.2) is 21.8 Å². The number of fused-ring (bicyclic) bond motifs is 1. The van der Waals surface area contributed by atoms with Gasteiger partial charge in [0.25, 0.3) is 5.78 Å². The Morgan fingerprint density at radius 1 is 1.06 bits per heavy atom. The van der Waals surface area contributed by atoms with Gasteiger partial charge in [0.2, 0.25) is 0 Å². The van der Waals surface area contributed by atoms with Gasteiger partial charge in [0.05, 0.1) is 27.4 Å². The molecule has 5 rings (SSSR count). The summed E-state index contributed by atoms with van der Waals surface area (Å²) in [6, 6.07) is 9.81. The number of aliphatic hydroxyl groups is 1. The second kappa shape index (κ2) is 7.63. The molecule has 0 radical (unpaired) electrons. The number of aryl methyl sites for hydroxylation is 2. The quantitative estimate of drug-likeness (QED) is 0.248. The third-order valence-corrected chi connectivity index (χ3v) is 6.49. The molecule has 0 spiro atoms. The second-order valence-electron chi connectivity index (χ2n) is 7.66. The number of aliphatic hydroxyl groups excluding tert-OH is 1. The van der Waals surface area contributed by atoms with Gasteiger partial charge in [0, 0.05) is 0 Å². The highest BCUT2D eigenvalue weighted by Crippen LogP contribution is 2.44. The predicted octanol–water partition coefficient (Wildman–Crippen LogP) is 5.41. The van der Waals surface area contributed by atoms with Crippen LogP contribution in [0.3, 0.4) is 0 Å². The van der Waals surface area contributed by atoms with Gasteiger partial charge in [-0.2, -0.15) is 0 Å². The standard InChI is InChI=1S/C24H16F2N2O4S/c1-11-9-16(12(2)32-11)21(29)19-20(13-3-5-14(25)6-4-13)28(23(31)22(19)30)24-27-17-8-7-15(26)10-18(17)33-24/h3-10,20,29H,1-2H3/b21-19+. The molecule has 1 atom stereocenters. The molecular weight excluding hydrogens is 450 g/mol. The van der Waals surface area contributed by atoms with Gasteiger partial charge in [-0.05, 0) is 55.8 Å². The van der Waals surface area contributed by atoms with Crippen LogP contribution < -0.4 is 4.90 Å². The molecule has 1 fully saturated rings. The molecule has 1 amide bonds. The lowest BCUT2D eigenvalue weighted by Gasteiger charge is -2.22. The van der Waals surface area contributed by atoms with Crippen molar-refractivity contribution in [3.63, 3.8) is 0 Å². The molecule has 0 aliphatic carbocycles. The van der Waals surface area contributed by atoms with Crippen LogP contribution in [0.4, 0.5) is 13.9 Å². The number of carbonyl (C=O) groups excluding carboxylic acids is 2. The van der Waals surface area contributed by atoms with Gasteiger partial charge in [-0.1, -0.05) is 23.5 Å². The summed E-state index contributed by atoms with van der Waals surface area (Å²) >= 11 is 1.04. The monoisotopic (exact) mass is 466 g/mol. The van der Waals surface area contributed by atoms with E-state index in [4.69, 9.17) is 4.42 Å². The lowest BCUT2D eigenvalue weighted by Crippen LogP contribution is -2.29. The Morgan fingerprint density at radius 2 is 1.76 bits per heavy atom. The first kappa shape index (κ1) is 21.0. The van der Waals surface area contributed by atoms with Crippen molar-refractivity contribution in [3.8, 4) is 0 Å². The number of Topliss-reactive ketones (excluding diaryl/α,β-unsaturated/α-hetero) is 1. The molecule has 1 N–H and O–H groups in total. The minimum Gasteiger partial charge on any atom is -0.507 e. The molecule has 6 nitrogen and oxygen atoms in total. The Morgan fingerprint density at radius 3 is 2.42 bits per heavy atom. The van der Waals surface area contributed by atoms with Gasteiger partial charge in [-0.3, -0.25) is 14.5 Å². The highest BCUT2D eigenvalue weighted by molar-refractivity contribution is 7.22. The van der Waals surface area contributed by atoms with Gasteiger partial charge >= 0.3 is 5.91 Å². The topological polar surface area (TPSA) is 83.6 Å². The maximum Gasteiger partial charge on any atom is 0.301 e. The number of nitrogens with zero attached hydrogens (tertiary/aromatic N) is 2. The molecule has 3 heterocycles. The van der Waals surface area contributed by atoms with Crippen molar-refractivity contribution < 1.29 is 27.9 Å². The van der Waals surface area contributed by atoms with Crippen LogP contribution >= 0.6 is 11.3 Å². The normalized spacial score (nSPS) is 17.9. The molecule has 0 bridgehead atoms. The minimum atomic E-state index is -1.06. The maximum atomic E-state index is 13.7. The zero-order valence-corrected chi connectivity index (χ0v) is 18.2. The summed E-state index contributed by atoms with van der Waals surface area (Å²) in [7, 11) is 0. The molecule has 1 aliphatic rings. The second-order valence-corrected chi connectivity index (χ2v) is 8.67. The zero-order valence-electron chi connectivity index (χ0n) is 17.4. The van der Waals surface area contributed by atoms with Gasteiger partial charge in [-0.15, -0.1) is 0 Å². The molecule has 9 heteroatoms. The summed E-state index contributed by atoms with van der Waals surface area (Å²) in [6.45, 7) is 3.33. The molecule has 1 aliphatic heterocycles. The fourth-order valence-corrected chi connectivity index (χ4v) is 5.01. The highest BCUT2D eigenvalue weighted by atomic mass is 32.1. The summed E-state index contributed by atoms with van der Waals surface area (Å²) in [4.78, 5) is 31.9. The number of amides is 1. The summed E-state index contributed by atoms with van der Waals surface area (Å²) in [6.07, 6.45) is 0. The number of ketones is 1. The molecular formula is C24H16F2N2O4S. The summed E-state index contributed by atoms with van der Waals surface area (Å²) in [5.74, 6) is -2.26. The van der Waals surface area contributed by atoms with Crippen LogP contribution in [0.5, 0.6) is 0 Å². The van der Waals surface area contributed by atoms with Crippen LogP contribution in [0.1, 0.15) is 28.7 Å². The smallest absolute Gasteiger partial charge is 0.301 e. The SMILES string of the molecule is Cc1cc(/C(O)=C2\C(=O)C(=O)N(c3nc4ccc(F)cc4s3)C2c2ccc(F)cc2)c(C)o1. The lowest BCUT2D eigenvalue weighted by molar-refractivity contribution is -0.132. The number of halogens is 2. The molecule has 1 unspecified atom stereocenters. The summed E-state index contributed by atoms with van der Waals surface area (Å²) in [5.41, 5.74) is 0.975. The van der Waals surface area contributed by atoms with Crippen molar-refractivity contribution in [3.05, 3.63) is 88.4 Å². The van der Waals surface area contributed by atoms with E-state index in [1.54, 1.807) is 19.9 Å². The van der Waals surface area contributed by atoms with E-state index in [2.05, 4.69) is 4.98 Å². The van der Waals surface area contributed by atoms with Crippen LogP contribution in [-0.2, 0) is 9.59 Å². The van der Waals surface area contributed by atoms with E-state index in [0.717, 1.165) is 16.2 Å². The van der Waals surface area contributed by atoms with Crippen LogP contribution in [0.25, 0.3) is 16.0 Å². The zero-order chi connectivity index (χ0) is 23.4. The van der Waals surface area contributed by atoms with Crippen molar-refractivity contribution >= 4 is 44.1 Å². The van der Waals surface area contributed by atoms with Crippen LogP contribution in [0.2, 0.25) is 0 Å². The van der Waals surface area contributed by atoms with Crippen molar-refractivity contribution in [1.82, 2.24) is 4.98 Å². The number of carbonyl (C=O) groups is 2. The number of furan rings is 1. The van der Waals surface area contributed by atoms with Gasteiger partial charge in [-0.25, -0.2) is 13.8 Å². The minimum absolute atomic E-state index is 0.158. The first-order valence-electron chi connectivity index (χ1n) is 9.94. The molecule has 4 aromatic rings. The first-order valence-corrected chi connectivity index (χ1v) is 10.8. The largest absolute Gasteiger partial charge is 0.507 e. The third-order valence-electron chi connectivity index (χ3n) is 5.47. The summed E-state index contributed by atoms with van der Waals surface area (Å²) < 4.78 is 33.3. The Hall–Kier alpha value is -3.85. The fraction of sp³-hybridized carbons (Fsp3) is 0.125. The van der Waals surface area contributed by atoms with Crippen LogP contribution in [0.15, 0.2) is 58.5 Å². The van der Waals surface area contributed by atoms with Crippen molar-refractivity contribution in [1.29, 1.82) is 0 Å². The molecule has 33 heavy (non-hydrogen) atoms. The maximum absolute atomic E-state index is 13.7. The number of anilines is 1. The van der Waals surface area contributed by atoms with Crippen molar-refractivity contribution in [2.24, 2.45) is 0 Å². The Labute approximate surface area is 190 Å². The Bertz CT molecular complexity index is 1470. The van der Waals surface area contributed by atoms with E-state index in [0.29, 0.717) is 27.3 Å². The first-order chi connectivity index (χ1) is 15.7. The van der Waals surface area contributed by atoms with Gasteiger partial charge in [0.15, 0.2) is 5.13 Å². The van der Waals surface area contributed by atoms with E-state index >= 15 is 0 Å². The van der Waals surface area contributed by atoms with Crippen molar-refractivity contribution in [2.45, 2.75) is 19.9 Å². The number of hydrogen-bond acceptors (Lipinski definition) is 6. The summed E-state index contributed by atoms with van der Waals surface area (Å²) in [5, 5.41) is 11.3. The molecule has 166 valence electrons. The average molecular weight is 466 g/mol. The van der Waals surface area contributed by atoms with E-state index in [-0.39, 0.29) is 16.3 Å². The van der Waals surface area contributed by atoms with Gasteiger partial charge < -0.3 is 9.52 Å². The van der Waals surface area contributed by atoms with E-state index < -0.39 is 35.1 Å². The number of benzene rings is 2. The highest BCUT2D eigenvalue weighted by Gasteiger charge is 2.48. The Balaban J connectivity index is 1.75. The molecule has 2 aromatic carbocycles. The van der Waals surface area contributed by atoms with Gasteiger partial charge in [0.1, 0.15) is 28.9 Å². The fourth-order valence-electron chi connectivity index (χ4n) is 3.99. The van der Waals surface area contributed by atoms with Crippen molar-refractivity contribution in [2.75, 3.05) is 4.90 Å². The van der Waals surface area contributed by atoms with E-state index in [1.165, 1.54) is 42.5 Å². The number of rotatable bonds is 3. The van der Waals surface area contributed by atoms with E-state index in [1.807, 2.05) is 0 Å². The molecule has 1 saturated heterocycles. The van der Waals surface area contributed by atoms with Crippen LogP contribution in [0, 0.1) is 25.5 Å². The lowest BCUT2D eigenvalue weighted by atomic mass is 9.95. The Kier molecular flexibility index (Phi) is 4.86. The number of thiazole rings is 1. The predicted molar refractivity (Wildman–Crippen MR) is 119 cm³/mol. The van der Waals surface area contributed by atoms with E-state index in [9.17, 15) is 23.5 Å².